The van der Waals surface area contributed by atoms with Crippen LogP contribution >= 0.6 is 11.6 Å². The van der Waals surface area contributed by atoms with Crippen LogP contribution in [0.15, 0.2) is 23.1 Å². The Bertz CT molecular complexity index is 585. The molecule has 118 valence electrons. The lowest BCUT2D eigenvalue weighted by molar-refractivity contribution is 0.395. The highest BCUT2D eigenvalue weighted by molar-refractivity contribution is 7.89. The van der Waals surface area contributed by atoms with Gasteiger partial charge in [-0.05, 0) is 44.0 Å². The predicted molar refractivity (Wildman–Crippen MR) is 86.0 cm³/mol. The third kappa shape index (κ3) is 3.97. The second-order valence-electron chi connectivity index (χ2n) is 5.50. The third-order valence-corrected chi connectivity index (χ3v) is 6.08. The number of benzene rings is 1. The Morgan fingerprint density at radius 3 is 2.67 bits per heavy atom. The lowest BCUT2D eigenvalue weighted by atomic mass is 10.2. The van der Waals surface area contributed by atoms with Gasteiger partial charge >= 0.3 is 0 Å². The number of hydrogen-bond acceptors (Lipinski definition) is 3. The Hall–Kier alpha value is -0.620. The molecular formula is C15H23ClN2O2S. The number of nitrogens with one attached hydrogen (secondary N) is 1. The van der Waals surface area contributed by atoms with Crippen LogP contribution in [-0.2, 0) is 16.6 Å². The van der Waals surface area contributed by atoms with Crippen LogP contribution in [0, 0.1) is 0 Å². The van der Waals surface area contributed by atoms with Gasteiger partial charge in [-0.1, -0.05) is 31.0 Å². The highest BCUT2D eigenvalue weighted by Gasteiger charge is 2.38. The van der Waals surface area contributed by atoms with E-state index in [1.165, 1.54) is 0 Å². The van der Waals surface area contributed by atoms with E-state index in [4.69, 9.17) is 11.6 Å². The Morgan fingerprint density at radius 1 is 1.38 bits per heavy atom. The summed E-state index contributed by atoms with van der Waals surface area (Å²) in [6.07, 6.45) is 3.77. The molecule has 0 aromatic heterocycles. The second kappa shape index (κ2) is 7.09. The zero-order valence-electron chi connectivity index (χ0n) is 12.6. The lowest BCUT2D eigenvalue weighted by Crippen LogP contribution is -2.34. The van der Waals surface area contributed by atoms with Gasteiger partial charge in [0, 0.05) is 19.1 Å². The van der Waals surface area contributed by atoms with Gasteiger partial charge in [-0.15, -0.1) is 0 Å². The molecule has 0 heterocycles. The maximum atomic E-state index is 12.9. The molecule has 0 unspecified atom stereocenters. The first-order valence-electron chi connectivity index (χ1n) is 7.45. The number of nitrogens with zero attached hydrogens (tertiary/aromatic N) is 1. The highest BCUT2D eigenvalue weighted by Crippen LogP contribution is 2.34. The first kappa shape index (κ1) is 16.7. The summed E-state index contributed by atoms with van der Waals surface area (Å²) in [7, 11) is -1.67. The van der Waals surface area contributed by atoms with Crippen LogP contribution in [-0.4, -0.2) is 32.4 Å². The fourth-order valence-electron chi connectivity index (χ4n) is 2.36. The first-order valence-corrected chi connectivity index (χ1v) is 9.27. The van der Waals surface area contributed by atoms with Crippen molar-refractivity contribution in [3.8, 4) is 0 Å². The second-order valence-corrected chi connectivity index (χ2v) is 7.76. The third-order valence-electron chi connectivity index (χ3n) is 3.65. The highest BCUT2D eigenvalue weighted by atomic mass is 35.5. The summed E-state index contributed by atoms with van der Waals surface area (Å²) in [4.78, 5) is 0.236. The van der Waals surface area contributed by atoms with E-state index in [0.29, 0.717) is 18.1 Å². The van der Waals surface area contributed by atoms with Crippen molar-refractivity contribution >= 4 is 21.6 Å². The lowest BCUT2D eigenvalue weighted by Gasteiger charge is -2.22. The fourth-order valence-corrected chi connectivity index (χ4v) is 4.61. The Balaban J connectivity index is 2.34. The topological polar surface area (TPSA) is 49.4 Å². The molecular weight excluding hydrogens is 308 g/mol. The molecule has 1 aromatic rings. The van der Waals surface area contributed by atoms with Crippen molar-refractivity contribution in [3.63, 3.8) is 0 Å². The molecule has 1 aliphatic rings. The van der Waals surface area contributed by atoms with Crippen LogP contribution < -0.4 is 5.32 Å². The molecule has 0 bridgehead atoms. The van der Waals surface area contributed by atoms with Crippen LogP contribution in [0.25, 0.3) is 0 Å². The Kier molecular flexibility index (Phi) is 5.66. The monoisotopic (exact) mass is 330 g/mol. The normalized spacial score (nSPS) is 15.6. The summed E-state index contributed by atoms with van der Waals surface area (Å²) in [5.74, 6) is 0. The van der Waals surface area contributed by atoms with E-state index >= 15 is 0 Å². The minimum atomic E-state index is -3.51. The van der Waals surface area contributed by atoms with E-state index in [2.05, 4.69) is 12.2 Å². The predicted octanol–water partition coefficient (Wildman–Crippen LogP) is 3.01. The van der Waals surface area contributed by atoms with Crippen molar-refractivity contribution in [3.05, 3.63) is 28.8 Å². The number of unbranched alkanes of at least 4 members (excludes halogenated alkanes) is 1. The largest absolute Gasteiger partial charge is 0.316 e. The average molecular weight is 331 g/mol. The van der Waals surface area contributed by atoms with E-state index in [1.807, 2.05) is 13.1 Å². The van der Waals surface area contributed by atoms with Gasteiger partial charge in [-0.3, -0.25) is 0 Å². The van der Waals surface area contributed by atoms with Gasteiger partial charge in [0.25, 0.3) is 0 Å². The first-order chi connectivity index (χ1) is 10.0. The Morgan fingerprint density at radius 2 is 2.10 bits per heavy atom. The quantitative estimate of drug-likeness (QED) is 0.797. The van der Waals surface area contributed by atoms with Gasteiger partial charge in [-0.2, -0.15) is 4.31 Å². The molecule has 0 atom stereocenters. The van der Waals surface area contributed by atoms with Crippen molar-refractivity contribution in [1.29, 1.82) is 0 Å². The minimum Gasteiger partial charge on any atom is -0.316 e. The van der Waals surface area contributed by atoms with Gasteiger partial charge in [0.1, 0.15) is 4.90 Å². The van der Waals surface area contributed by atoms with Crippen molar-refractivity contribution in [1.82, 2.24) is 9.62 Å². The number of hydrogen-bond donors (Lipinski definition) is 1. The van der Waals surface area contributed by atoms with Crippen molar-refractivity contribution in [2.75, 3.05) is 13.6 Å². The molecule has 1 aliphatic carbocycles. The van der Waals surface area contributed by atoms with Crippen molar-refractivity contribution < 1.29 is 8.42 Å². The van der Waals surface area contributed by atoms with Crippen molar-refractivity contribution in [2.24, 2.45) is 0 Å². The van der Waals surface area contributed by atoms with E-state index < -0.39 is 10.0 Å². The summed E-state index contributed by atoms with van der Waals surface area (Å²) < 4.78 is 27.5. The average Bonchev–Trinajstić information content (AvgIpc) is 3.26. The molecule has 0 spiro atoms. The zero-order chi connectivity index (χ0) is 15.5. The van der Waals surface area contributed by atoms with Crippen LogP contribution in [0.1, 0.15) is 38.2 Å². The van der Waals surface area contributed by atoms with Gasteiger partial charge in [-0.25, -0.2) is 8.42 Å². The van der Waals surface area contributed by atoms with Crippen LogP contribution in [0.3, 0.4) is 0 Å². The van der Waals surface area contributed by atoms with Crippen LogP contribution in [0.4, 0.5) is 0 Å². The summed E-state index contributed by atoms with van der Waals surface area (Å²) in [6.45, 7) is 3.27. The van der Waals surface area contributed by atoms with Crippen LogP contribution in [0.5, 0.6) is 0 Å². The molecule has 2 rings (SSSR count). The van der Waals surface area contributed by atoms with Gasteiger partial charge in [0.2, 0.25) is 10.0 Å². The molecule has 4 nitrogen and oxygen atoms in total. The number of sulfonamides is 1. The smallest absolute Gasteiger partial charge is 0.244 e. The summed E-state index contributed by atoms with van der Waals surface area (Å²) in [5, 5.41) is 3.33. The van der Waals surface area contributed by atoms with E-state index in [1.54, 1.807) is 16.4 Å². The molecule has 0 radical (unpaired) electrons. The SMILES string of the molecule is CCCCN(C1CC1)S(=O)(=O)c1cc(CNC)ccc1Cl. The van der Waals surface area contributed by atoms with Gasteiger partial charge < -0.3 is 5.32 Å². The van der Waals surface area contributed by atoms with E-state index in [0.717, 1.165) is 31.2 Å². The number of halogens is 1. The minimum absolute atomic E-state index is 0.158. The van der Waals surface area contributed by atoms with E-state index in [9.17, 15) is 8.42 Å². The van der Waals surface area contributed by atoms with Gasteiger partial charge in [0.15, 0.2) is 0 Å². The molecule has 0 aliphatic heterocycles. The van der Waals surface area contributed by atoms with Crippen LogP contribution in [0.2, 0.25) is 5.02 Å². The van der Waals surface area contributed by atoms with E-state index in [-0.39, 0.29) is 10.9 Å². The van der Waals surface area contributed by atoms with Gasteiger partial charge in [0.05, 0.1) is 5.02 Å². The Labute approximate surface area is 132 Å². The zero-order valence-corrected chi connectivity index (χ0v) is 14.2. The van der Waals surface area contributed by atoms with Crippen molar-refractivity contribution in [2.45, 2.75) is 50.1 Å². The maximum Gasteiger partial charge on any atom is 0.244 e. The molecule has 21 heavy (non-hydrogen) atoms. The standard InChI is InChI=1S/C15H23ClN2O2S/c1-3-4-9-18(13-6-7-13)21(19,20)15-10-12(11-17-2)5-8-14(15)16/h5,8,10,13,17H,3-4,6-7,9,11H2,1-2H3. The molecule has 0 saturated heterocycles. The molecule has 1 saturated carbocycles. The summed E-state index contributed by atoms with van der Waals surface area (Å²) in [6, 6.07) is 5.37. The molecule has 6 heteroatoms. The molecule has 0 amide bonds. The number of rotatable bonds is 8. The maximum absolute atomic E-state index is 12.9. The fraction of sp³-hybridized carbons (Fsp3) is 0.600. The summed E-state index contributed by atoms with van der Waals surface area (Å²) >= 11 is 6.16. The summed E-state index contributed by atoms with van der Waals surface area (Å²) in [5.41, 5.74) is 0.923. The molecule has 1 aromatic carbocycles. The molecule has 1 fully saturated rings. The molecule has 1 N–H and O–H groups in total.